The van der Waals surface area contributed by atoms with Gasteiger partial charge in [-0.05, 0) is 6.07 Å². The highest BCUT2D eigenvalue weighted by atomic mass is 16.5. The molecule has 66 valence electrons. The molecule has 0 aromatic carbocycles. The minimum Gasteiger partial charge on any atom is -0.464 e. The zero-order valence-electron chi connectivity index (χ0n) is 6.97. The Hall–Kier alpha value is -1.91. The third kappa shape index (κ3) is 1.14. The SMILES string of the molecule is COC(=O)c1ccnc2nccn12. The lowest BCUT2D eigenvalue weighted by molar-refractivity contribution is 0.0592. The Morgan fingerprint density at radius 1 is 1.46 bits per heavy atom. The fourth-order valence-corrected chi connectivity index (χ4v) is 1.10. The fourth-order valence-electron chi connectivity index (χ4n) is 1.10. The smallest absolute Gasteiger partial charge is 0.355 e. The summed E-state index contributed by atoms with van der Waals surface area (Å²) in [5, 5.41) is 0. The minimum absolute atomic E-state index is 0.398. The van der Waals surface area contributed by atoms with Crippen molar-refractivity contribution in [1.29, 1.82) is 0 Å². The third-order valence-electron chi connectivity index (χ3n) is 1.70. The molecule has 13 heavy (non-hydrogen) atoms. The molecule has 0 N–H and O–H groups in total. The Labute approximate surface area is 74.0 Å². The fraction of sp³-hybridized carbons (Fsp3) is 0.125. The van der Waals surface area contributed by atoms with Crippen molar-refractivity contribution in [2.24, 2.45) is 0 Å². The van der Waals surface area contributed by atoms with E-state index in [2.05, 4.69) is 14.7 Å². The van der Waals surface area contributed by atoms with Crippen LogP contribution in [0, 0.1) is 0 Å². The quantitative estimate of drug-likeness (QED) is 0.596. The number of hydrogen-bond donors (Lipinski definition) is 0. The number of nitrogens with zero attached hydrogens (tertiary/aromatic N) is 3. The van der Waals surface area contributed by atoms with Crippen molar-refractivity contribution in [2.45, 2.75) is 0 Å². The molecule has 0 atom stereocenters. The maximum atomic E-state index is 11.2. The van der Waals surface area contributed by atoms with Crippen LogP contribution in [0.4, 0.5) is 0 Å². The molecule has 2 aromatic rings. The van der Waals surface area contributed by atoms with E-state index in [0.29, 0.717) is 11.5 Å². The lowest BCUT2D eigenvalue weighted by Gasteiger charge is -2.00. The summed E-state index contributed by atoms with van der Waals surface area (Å²) in [7, 11) is 1.34. The topological polar surface area (TPSA) is 56.5 Å². The van der Waals surface area contributed by atoms with Crippen LogP contribution >= 0.6 is 0 Å². The van der Waals surface area contributed by atoms with Crippen molar-refractivity contribution < 1.29 is 9.53 Å². The number of aromatic nitrogens is 3. The molecule has 2 rings (SSSR count). The number of imidazole rings is 1. The molecule has 0 aliphatic carbocycles. The Bertz CT molecular complexity index is 449. The van der Waals surface area contributed by atoms with Gasteiger partial charge in [0.25, 0.3) is 0 Å². The molecule has 0 saturated heterocycles. The van der Waals surface area contributed by atoms with Crippen LogP contribution in [0.3, 0.4) is 0 Å². The molecule has 0 unspecified atom stereocenters. The highest BCUT2D eigenvalue weighted by Crippen LogP contribution is 2.03. The zero-order valence-corrected chi connectivity index (χ0v) is 6.97. The van der Waals surface area contributed by atoms with Gasteiger partial charge in [0, 0.05) is 18.6 Å². The summed E-state index contributed by atoms with van der Waals surface area (Å²) in [5.41, 5.74) is 0.421. The molecule has 0 fully saturated rings. The molecule has 2 heterocycles. The number of carbonyl (C=O) groups is 1. The van der Waals surface area contributed by atoms with Gasteiger partial charge >= 0.3 is 5.97 Å². The third-order valence-corrected chi connectivity index (χ3v) is 1.70. The predicted octanol–water partition coefficient (Wildman–Crippen LogP) is 0.516. The molecule has 0 bridgehead atoms. The molecule has 2 aromatic heterocycles. The summed E-state index contributed by atoms with van der Waals surface area (Å²) in [5.74, 6) is 0.0910. The van der Waals surface area contributed by atoms with Gasteiger partial charge in [-0.1, -0.05) is 0 Å². The van der Waals surface area contributed by atoms with E-state index in [1.165, 1.54) is 13.3 Å². The van der Waals surface area contributed by atoms with Crippen LogP contribution in [0.1, 0.15) is 10.5 Å². The standard InChI is InChI=1S/C8H7N3O2/c1-13-7(12)6-2-3-9-8-10-4-5-11(6)8/h2-5H,1H3. The average molecular weight is 177 g/mol. The highest BCUT2D eigenvalue weighted by Gasteiger charge is 2.09. The molecule has 0 aliphatic heterocycles. The van der Waals surface area contributed by atoms with E-state index in [9.17, 15) is 4.79 Å². The van der Waals surface area contributed by atoms with Crippen molar-refractivity contribution >= 4 is 11.7 Å². The lowest BCUT2D eigenvalue weighted by Crippen LogP contribution is -2.07. The number of hydrogen-bond acceptors (Lipinski definition) is 4. The maximum absolute atomic E-state index is 11.2. The van der Waals surface area contributed by atoms with E-state index in [1.807, 2.05) is 0 Å². The molecule has 0 radical (unpaired) electrons. The minimum atomic E-state index is -0.398. The van der Waals surface area contributed by atoms with Gasteiger partial charge in [0.1, 0.15) is 5.69 Å². The highest BCUT2D eigenvalue weighted by molar-refractivity contribution is 5.87. The second-order valence-electron chi connectivity index (χ2n) is 2.42. The summed E-state index contributed by atoms with van der Waals surface area (Å²) in [6.07, 6.45) is 4.76. The summed E-state index contributed by atoms with van der Waals surface area (Å²) < 4.78 is 6.17. The summed E-state index contributed by atoms with van der Waals surface area (Å²) in [6, 6.07) is 1.58. The number of carbonyl (C=O) groups excluding carboxylic acids is 1. The van der Waals surface area contributed by atoms with Gasteiger partial charge in [-0.15, -0.1) is 0 Å². The Morgan fingerprint density at radius 3 is 3.00 bits per heavy atom. The van der Waals surface area contributed by atoms with Gasteiger partial charge in [0.2, 0.25) is 5.78 Å². The van der Waals surface area contributed by atoms with Crippen molar-refractivity contribution in [3.63, 3.8) is 0 Å². The number of rotatable bonds is 1. The van der Waals surface area contributed by atoms with Crippen LogP contribution in [0.25, 0.3) is 5.78 Å². The van der Waals surface area contributed by atoms with Gasteiger partial charge < -0.3 is 4.74 Å². The van der Waals surface area contributed by atoms with E-state index >= 15 is 0 Å². The second kappa shape index (κ2) is 2.85. The molecule has 0 saturated carbocycles. The van der Waals surface area contributed by atoms with Crippen LogP contribution in [0.2, 0.25) is 0 Å². The number of esters is 1. The number of ether oxygens (including phenoxy) is 1. The molecule has 0 spiro atoms. The van der Waals surface area contributed by atoms with Gasteiger partial charge in [0.05, 0.1) is 7.11 Å². The average Bonchev–Trinajstić information content (AvgIpc) is 2.63. The Kier molecular flexibility index (Phi) is 1.70. The first kappa shape index (κ1) is 7.72. The van der Waals surface area contributed by atoms with Crippen molar-refractivity contribution in [3.8, 4) is 0 Å². The largest absolute Gasteiger partial charge is 0.464 e. The molecule has 5 heteroatoms. The molecular formula is C8H7N3O2. The van der Waals surface area contributed by atoms with E-state index in [4.69, 9.17) is 0 Å². The second-order valence-corrected chi connectivity index (χ2v) is 2.42. The summed E-state index contributed by atoms with van der Waals surface area (Å²) >= 11 is 0. The Balaban J connectivity index is 2.67. The van der Waals surface area contributed by atoms with E-state index in [-0.39, 0.29) is 0 Å². The monoisotopic (exact) mass is 177 g/mol. The van der Waals surface area contributed by atoms with Gasteiger partial charge in [-0.2, -0.15) is 0 Å². The van der Waals surface area contributed by atoms with E-state index in [0.717, 1.165) is 0 Å². The first-order chi connectivity index (χ1) is 6.33. The van der Waals surface area contributed by atoms with Crippen LogP contribution in [0.15, 0.2) is 24.7 Å². The van der Waals surface area contributed by atoms with Gasteiger partial charge in [0.15, 0.2) is 0 Å². The summed E-state index contributed by atoms with van der Waals surface area (Å²) in [4.78, 5) is 19.1. The Morgan fingerprint density at radius 2 is 2.23 bits per heavy atom. The normalized spacial score (nSPS) is 10.2. The van der Waals surface area contributed by atoms with Crippen LogP contribution in [-0.2, 0) is 4.74 Å². The van der Waals surface area contributed by atoms with Gasteiger partial charge in [-0.3, -0.25) is 4.40 Å². The molecule has 0 amide bonds. The maximum Gasteiger partial charge on any atom is 0.355 e. The van der Waals surface area contributed by atoms with Gasteiger partial charge in [-0.25, -0.2) is 14.8 Å². The van der Waals surface area contributed by atoms with Crippen LogP contribution < -0.4 is 0 Å². The molecule has 5 nitrogen and oxygen atoms in total. The first-order valence-corrected chi connectivity index (χ1v) is 3.69. The van der Waals surface area contributed by atoms with Crippen molar-refractivity contribution in [2.75, 3.05) is 7.11 Å². The number of fused-ring (bicyclic) bond motifs is 1. The van der Waals surface area contributed by atoms with Crippen molar-refractivity contribution in [3.05, 3.63) is 30.4 Å². The van der Waals surface area contributed by atoms with Crippen LogP contribution in [-0.4, -0.2) is 27.4 Å². The first-order valence-electron chi connectivity index (χ1n) is 3.69. The molecular weight excluding hydrogens is 170 g/mol. The number of methoxy groups -OCH3 is 1. The van der Waals surface area contributed by atoms with Crippen LogP contribution in [0.5, 0.6) is 0 Å². The lowest BCUT2D eigenvalue weighted by atomic mass is 10.4. The summed E-state index contributed by atoms with van der Waals surface area (Å²) in [6.45, 7) is 0. The molecule has 0 aliphatic rings. The predicted molar refractivity (Wildman–Crippen MR) is 44.3 cm³/mol. The van der Waals surface area contributed by atoms with E-state index < -0.39 is 5.97 Å². The van der Waals surface area contributed by atoms with Crippen molar-refractivity contribution in [1.82, 2.24) is 14.4 Å². The zero-order chi connectivity index (χ0) is 9.26. The van der Waals surface area contributed by atoms with E-state index in [1.54, 1.807) is 22.9 Å².